The van der Waals surface area contributed by atoms with E-state index in [1.54, 1.807) is 0 Å². The highest BCUT2D eigenvalue weighted by Gasteiger charge is 2.11. The molecular formula is C11H10ClN5O. The smallest absolute Gasteiger partial charge is 0.213 e. The van der Waals surface area contributed by atoms with Crippen molar-refractivity contribution in [3.63, 3.8) is 0 Å². The van der Waals surface area contributed by atoms with Gasteiger partial charge >= 0.3 is 0 Å². The van der Waals surface area contributed by atoms with E-state index in [0.29, 0.717) is 29.8 Å². The van der Waals surface area contributed by atoms with Crippen LogP contribution in [0.3, 0.4) is 0 Å². The molecule has 0 atom stereocenters. The molecular weight excluding hydrogens is 254 g/mol. The van der Waals surface area contributed by atoms with Crippen LogP contribution in [0.15, 0.2) is 29.1 Å². The highest BCUT2D eigenvalue weighted by atomic mass is 35.5. The average molecular weight is 264 g/mol. The van der Waals surface area contributed by atoms with E-state index in [1.165, 1.54) is 6.39 Å². The molecule has 0 amide bonds. The van der Waals surface area contributed by atoms with Crippen LogP contribution in [0, 0.1) is 0 Å². The fourth-order valence-corrected chi connectivity index (χ4v) is 2.17. The molecule has 3 rings (SSSR count). The van der Waals surface area contributed by atoms with Crippen molar-refractivity contribution in [2.45, 2.75) is 13.0 Å². The summed E-state index contributed by atoms with van der Waals surface area (Å²) in [7, 11) is 0. The average Bonchev–Trinajstić information content (AvgIpc) is 2.94. The van der Waals surface area contributed by atoms with Gasteiger partial charge in [-0.2, -0.15) is 4.98 Å². The zero-order chi connectivity index (χ0) is 12.5. The molecule has 2 aromatic heterocycles. The Morgan fingerprint density at radius 2 is 2.28 bits per heavy atom. The van der Waals surface area contributed by atoms with Gasteiger partial charge in [0.05, 0.1) is 16.1 Å². The number of para-hydroxylation sites is 1. The minimum atomic E-state index is 0.432. The summed E-state index contributed by atoms with van der Waals surface area (Å²) in [6, 6.07) is 5.54. The Labute approximate surface area is 107 Å². The third-order valence-electron chi connectivity index (χ3n) is 2.71. The summed E-state index contributed by atoms with van der Waals surface area (Å²) >= 11 is 6.17. The number of rotatable bonds is 3. The van der Waals surface area contributed by atoms with Crippen molar-refractivity contribution < 1.29 is 4.52 Å². The molecule has 3 aromatic rings. The van der Waals surface area contributed by atoms with Crippen LogP contribution in [0.2, 0.25) is 5.02 Å². The fourth-order valence-electron chi connectivity index (χ4n) is 1.90. The van der Waals surface area contributed by atoms with Crippen LogP contribution in [-0.2, 0) is 13.0 Å². The van der Waals surface area contributed by atoms with Crippen LogP contribution in [0.4, 0.5) is 5.95 Å². The van der Waals surface area contributed by atoms with Gasteiger partial charge in [0.15, 0.2) is 5.82 Å². The first-order valence-electron chi connectivity index (χ1n) is 5.41. The molecule has 0 saturated carbocycles. The number of hydrogen-bond donors (Lipinski definition) is 1. The molecule has 0 aliphatic rings. The SMILES string of the molecule is Nc1nc2cccc(Cl)c2n1CCc1ncon1. The quantitative estimate of drug-likeness (QED) is 0.780. The van der Waals surface area contributed by atoms with Gasteiger partial charge in [0, 0.05) is 13.0 Å². The standard InChI is InChI=1S/C11H10ClN5O/c12-7-2-1-3-8-10(7)17(11(13)15-8)5-4-9-14-6-18-16-9/h1-3,6H,4-5H2,(H2,13,15). The molecule has 2 heterocycles. The number of anilines is 1. The van der Waals surface area contributed by atoms with Crippen LogP contribution in [0.5, 0.6) is 0 Å². The van der Waals surface area contributed by atoms with Crippen LogP contribution in [0.25, 0.3) is 11.0 Å². The highest BCUT2D eigenvalue weighted by Crippen LogP contribution is 2.25. The lowest BCUT2D eigenvalue weighted by Gasteiger charge is -2.05. The molecule has 0 aliphatic carbocycles. The van der Waals surface area contributed by atoms with Gasteiger partial charge in [-0.1, -0.05) is 22.8 Å². The number of nitrogens with two attached hydrogens (primary N) is 1. The Kier molecular flexibility index (Phi) is 2.64. The summed E-state index contributed by atoms with van der Waals surface area (Å²) in [4.78, 5) is 8.23. The third-order valence-corrected chi connectivity index (χ3v) is 3.02. The molecule has 0 bridgehead atoms. The summed E-state index contributed by atoms with van der Waals surface area (Å²) in [6.45, 7) is 0.603. The minimum Gasteiger partial charge on any atom is -0.369 e. The number of aryl methyl sites for hydroxylation is 2. The molecule has 7 heteroatoms. The second kappa shape index (κ2) is 4.30. The van der Waals surface area contributed by atoms with Crippen molar-refractivity contribution in [3.8, 4) is 0 Å². The maximum absolute atomic E-state index is 6.17. The Bertz CT molecular complexity index is 676. The number of aromatic nitrogens is 4. The van der Waals surface area contributed by atoms with Gasteiger partial charge in [-0.15, -0.1) is 0 Å². The Morgan fingerprint density at radius 1 is 1.39 bits per heavy atom. The van der Waals surface area contributed by atoms with Crippen LogP contribution >= 0.6 is 11.6 Å². The number of benzene rings is 1. The minimum absolute atomic E-state index is 0.432. The van der Waals surface area contributed by atoms with E-state index >= 15 is 0 Å². The lowest BCUT2D eigenvalue weighted by molar-refractivity contribution is 0.408. The maximum atomic E-state index is 6.17. The normalized spacial score (nSPS) is 11.2. The van der Waals surface area contributed by atoms with E-state index in [4.69, 9.17) is 17.3 Å². The molecule has 0 saturated heterocycles. The first-order chi connectivity index (χ1) is 8.75. The van der Waals surface area contributed by atoms with Crippen molar-refractivity contribution in [1.29, 1.82) is 0 Å². The van der Waals surface area contributed by atoms with Gasteiger partial charge < -0.3 is 14.8 Å². The molecule has 92 valence electrons. The Morgan fingerprint density at radius 3 is 3.06 bits per heavy atom. The highest BCUT2D eigenvalue weighted by molar-refractivity contribution is 6.35. The summed E-state index contributed by atoms with van der Waals surface area (Å²) < 4.78 is 6.54. The van der Waals surface area contributed by atoms with Gasteiger partial charge in [-0.25, -0.2) is 4.98 Å². The van der Waals surface area contributed by atoms with Crippen LogP contribution in [0.1, 0.15) is 5.82 Å². The van der Waals surface area contributed by atoms with E-state index < -0.39 is 0 Å². The Hall–Kier alpha value is -2.08. The van der Waals surface area contributed by atoms with Crippen molar-refractivity contribution in [2.75, 3.05) is 5.73 Å². The Balaban J connectivity index is 1.98. The van der Waals surface area contributed by atoms with Crippen LogP contribution < -0.4 is 5.73 Å². The van der Waals surface area contributed by atoms with E-state index in [0.717, 1.165) is 11.0 Å². The second-order valence-electron chi connectivity index (χ2n) is 3.83. The second-order valence-corrected chi connectivity index (χ2v) is 4.23. The summed E-state index contributed by atoms with van der Waals surface area (Å²) in [5.41, 5.74) is 7.51. The van der Waals surface area contributed by atoms with Gasteiger partial charge in [0.1, 0.15) is 0 Å². The largest absolute Gasteiger partial charge is 0.369 e. The van der Waals surface area contributed by atoms with Gasteiger partial charge in [0.2, 0.25) is 12.3 Å². The first-order valence-corrected chi connectivity index (χ1v) is 5.79. The maximum Gasteiger partial charge on any atom is 0.213 e. The molecule has 1 aromatic carbocycles. The fraction of sp³-hybridized carbons (Fsp3) is 0.182. The molecule has 0 radical (unpaired) electrons. The van der Waals surface area contributed by atoms with Crippen molar-refractivity contribution in [2.24, 2.45) is 0 Å². The topological polar surface area (TPSA) is 82.8 Å². The predicted octanol–water partition coefficient (Wildman–Crippen LogP) is 1.90. The molecule has 0 unspecified atom stereocenters. The molecule has 0 fully saturated rings. The molecule has 0 spiro atoms. The lowest BCUT2D eigenvalue weighted by atomic mass is 10.3. The number of halogens is 1. The molecule has 0 aliphatic heterocycles. The zero-order valence-electron chi connectivity index (χ0n) is 9.38. The summed E-state index contributed by atoms with van der Waals surface area (Å²) in [5.74, 6) is 1.06. The lowest BCUT2D eigenvalue weighted by Crippen LogP contribution is -2.06. The summed E-state index contributed by atoms with van der Waals surface area (Å²) in [5, 5.41) is 4.38. The van der Waals surface area contributed by atoms with Crippen molar-refractivity contribution in [3.05, 3.63) is 35.4 Å². The van der Waals surface area contributed by atoms with E-state index in [9.17, 15) is 0 Å². The van der Waals surface area contributed by atoms with Crippen molar-refractivity contribution in [1.82, 2.24) is 19.7 Å². The first kappa shape index (κ1) is 11.0. The molecule has 6 nitrogen and oxygen atoms in total. The van der Waals surface area contributed by atoms with Crippen LogP contribution in [-0.4, -0.2) is 19.7 Å². The zero-order valence-corrected chi connectivity index (χ0v) is 10.1. The van der Waals surface area contributed by atoms with Crippen molar-refractivity contribution >= 4 is 28.6 Å². The third kappa shape index (κ3) is 1.80. The predicted molar refractivity (Wildman–Crippen MR) is 67.2 cm³/mol. The van der Waals surface area contributed by atoms with E-state index in [2.05, 4.69) is 19.6 Å². The van der Waals surface area contributed by atoms with Gasteiger partial charge in [-0.05, 0) is 12.1 Å². The molecule has 18 heavy (non-hydrogen) atoms. The molecule has 2 N–H and O–H groups in total. The number of hydrogen-bond acceptors (Lipinski definition) is 5. The number of nitrogens with zero attached hydrogens (tertiary/aromatic N) is 4. The van der Waals surface area contributed by atoms with E-state index in [-0.39, 0.29) is 0 Å². The summed E-state index contributed by atoms with van der Waals surface area (Å²) in [6.07, 6.45) is 1.91. The number of imidazole rings is 1. The van der Waals surface area contributed by atoms with Gasteiger partial charge in [0.25, 0.3) is 0 Å². The van der Waals surface area contributed by atoms with Gasteiger partial charge in [-0.3, -0.25) is 0 Å². The number of nitrogen functional groups attached to an aromatic ring is 1. The number of fused-ring (bicyclic) bond motifs is 1. The monoisotopic (exact) mass is 263 g/mol. The van der Waals surface area contributed by atoms with E-state index in [1.807, 2.05) is 22.8 Å².